The summed E-state index contributed by atoms with van der Waals surface area (Å²) >= 11 is 0. The summed E-state index contributed by atoms with van der Waals surface area (Å²) in [6.45, 7) is 1.35. The minimum Gasteiger partial charge on any atom is -0.497 e. The summed E-state index contributed by atoms with van der Waals surface area (Å²) in [6.07, 6.45) is 1.08. The first-order valence-electron chi connectivity index (χ1n) is 8.54. The van der Waals surface area contributed by atoms with Gasteiger partial charge >= 0.3 is 0 Å². The first-order valence-corrected chi connectivity index (χ1v) is 8.54. The van der Waals surface area contributed by atoms with Gasteiger partial charge in [0.1, 0.15) is 23.1 Å². The standard InChI is InChI=1S/C13H13FO3.C6H14O3/c1-17-11-2-3-12(13(14)7-11)8-4-9(15)6-10(16)5-8;1-2-6(3-7,4-8)5-9/h2-3,7-8H,4-6H2,1H3;7-9H,2-5H2,1H3. The van der Waals surface area contributed by atoms with Crippen molar-refractivity contribution in [3.05, 3.63) is 29.6 Å². The number of hydrogen-bond acceptors (Lipinski definition) is 6. The van der Waals surface area contributed by atoms with Crippen molar-refractivity contribution in [2.24, 2.45) is 5.41 Å². The van der Waals surface area contributed by atoms with E-state index in [0.29, 0.717) is 17.7 Å². The van der Waals surface area contributed by atoms with Crippen molar-refractivity contribution in [2.45, 2.75) is 38.5 Å². The van der Waals surface area contributed by atoms with Gasteiger partial charge in [0.25, 0.3) is 0 Å². The van der Waals surface area contributed by atoms with E-state index in [0.717, 1.165) is 0 Å². The van der Waals surface area contributed by atoms with Crippen LogP contribution in [-0.2, 0) is 9.59 Å². The molecule has 0 bridgehead atoms. The van der Waals surface area contributed by atoms with Crippen molar-refractivity contribution < 1.29 is 34.0 Å². The van der Waals surface area contributed by atoms with Gasteiger partial charge in [-0.25, -0.2) is 4.39 Å². The summed E-state index contributed by atoms with van der Waals surface area (Å²) in [6, 6.07) is 4.51. The first kappa shape index (κ1) is 22.2. The fraction of sp³-hybridized carbons (Fsp3) is 0.579. The molecule has 1 fully saturated rings. The summed E-state index contributed by atoms with van der Waals surface area (Å²) < 4.78 is 18.7. The lowest BCUT2D eigenvalue weighted by molar-refractivity contribution is -0.130. The van der Waals surface area contributed by atoms with Crippen molar-refractivity contribution >= 4 is 11.6 Å². The van der Waals surface area contributed by atoms with Gasteiger partial charge < -0.3 is 20.1 Å². The van der Waals surface area contributed by atoms with E-state index >= 15 is 0 Å². The van der Waals surface area contributed by atoms with Gasteiger partial charge in [0.05, 0.1) is 33.4 Å². The lowest BCUT2D eigenvalue weighted by Gasteiger charge is -2.24. The fourth-order valence-corrected chi connectivity index (χ4v) is 2.66. The van der Waals surface area contributed by atoms with Crippen LogP contribution in [0.2, 0.25) is 0 Å². The zero-order valence-electron chi connectivity index (χ0n) is 15.2. The molecule has 0 heterocycles. The number of carbonyl (C=O) groups excluding carboxylic acids is 2. The van der Waals surface area contributed by atoms with E-state index < -0.39 is 11.2 Å². The molecule has 1 aromatic rings. The van der Waals surface area contributed by atoms with Gasteiger partial charge in [-0.05, 0) is 18.1 Å². The van der Waals surface area contributed by atoms with Crippen molar-refractivity contribution in [3.63, 3.8) is 0 Å². The Balaban J connectivity index is 0.000000321. The molecule has 2 rings (SSSR count). The van der Waals surface area contributed by atoms with E-state index in [9.17, 15) is 14.0 Å². The Morgan fingerprint density at radius 1 is 1.12 bits per heavy atom. The smallest absolute Gasteiger partial charge is 0.140 e. The highest BCUT2D eigenvalue weighted by atomic mass is 19.1. The molecule has 0 aliphatic heterocycles. The van der Waals surface area contributed by atoms with Crippen LogP contribution in [-0.4, -0.2) is 53.8 Å². The summed E-state index contributed by atoms with van der Waals surface area (Å²) in [7, 11) is 1.46. The largest absolute Gasteiger partial charge is 0.497 e. The van der Waals surface area contributed by atoms with Crippen molar-refractivity contribution in [2.75, 3.05) is 26.9 Å². The van der Waals surface area contributed by atoms with Crippen LogP contribution in [0.5, 0.6) is 5.75 Å². The molecule has 0 radical (unpaired) electrons. The predicted molar refractivity (Wildman–Crippen MR) is 93.5 cm³/mol. The lowest BCUT2D eigenvalue weighted by atomic mass is 9.82. The maximum absolute atomic E-state index is 13.8. The van der Waals surface area contributed by atoms with Crippen molar-refractivity contribution in [1.29, 1.82) is 0 Å². The highest BCUT2D eigenvalue weighted by Gasteiger charge is 2.28. The lowest BCUT2D eigenvalue weighted by Crippen LogP contribution is -2.32. The molecule has 0 atom stereocenters. The molecule has 0 aromatic heterocycles. The molecule has 3 N–H and O–H groups in total. The Bertz CT molecular complexity index is 579. The molecule has 1 saturated carbocycles. The van der Waals surface area contributed by atoms with Crippen LogP contribution in [0.15, 0.2) is 18.2 Å². The van der Waals surface area contributed by atoms with Gasteiger partial charge in [-0.2, -0.15) is 0 Å². The predicted octanol–water partition coefficient (Wildman–Crippen LogP) is 1.60. The van der Waals surface area contributed by atoms with Crippen molar-refractivity contribution in [1.82, 2.24) is 0 Å². The van der Waals surface area contributed by atoms with Crippen LogP contribution in [0.25, 0.3) is 0 Å². The van der Waals surface area contributed by atoms with E-state index in [1.165, 1.54) is 13.2 Å². The second-order valence-corrected chi connectivity index (χ2v) is 6.57. The molecule has 0 spiro atoms. The van der Waals surface area contributed by atoms with Crippen LogP contribution >= 0.6 is 0 Å². The van der Waals surface area contributed by atoms with Gasteiger partial charge in [-0.3, -0.25) is 9.59 Å². The number of ether oxygens (including phenoxy) is 1. The van der Waals surface area contributed by atoms with E-state index in [1.54, 1.807) is 12.1 Å². The number of carbonyl (C=O) groups is 2. The average Bonchev–Trinajstić information content (AvgIpc) is 2.63. The minimum atomic E-state index is -0.667. The molecular weight excluding hydrogens is 343 g/mol. The number of hydrogen-bond donors (Lipinski definition) is 3. The number of methoxy groups -OCH3 is 1. The second kappa shape index (κ2) is 10.4. The van der Waals surface area contributed by atoms with E-state index in [1.807, 2.05) is 6.92 Å². The highest BCUT2D eigenvalue weighted by molar-refractivity contribution is 6.02. The quantitative estimate of drug-likeness (QED) is 0.657. The Morgan fingerprint density at radius 2 is 1.65 bits per heavy atom. The van der Waals surface area contributed by atoms with Crippen LogP contribution < -0.4 is 4.74 Å². The highest BCUT2D eigenvalue weighted by Crippen LogP contribution is 2.32. The summed E-state index contributed by atoms with van der Waals surface area (Å²) in [5.41, 5.74) is -0.243. The Hall–Kier alpha value is -1.83. The molecular formula is C19H27FO6. The molecule has 1 aliphatic carbocycles. The maximum atomic E-state index is 13.8. The molecule has 0 amide bonds. The van der Waals surface area contributed by atoms with Gasteiger partial charge in [0.2, 0.25) is 0 Å². The molecule has 1 aliphatic rings. The van der Waals surface area contributed by atoms with Crippen LogP contribution in [0.3, 0.4) is 0 Å². The van der Waals surface area contributed by atoms with Gasteiger partial charge in [-0.15, -0.1) is 0 Å². The molecule has 0 saturated heterocycles. The molecule has 0 unspecified atom stereocenters. The van der Waals surface area contributed by atoms with Crippen LogP contribution in [0.1, 0.15) is 44.1 Å². The van der Waals surface area contributed by atoms with E-state index in [4.69, 9.17) is 20.1 Å². The Morgan fingerprint density at radius 3 is 2.00 bits per heavy atom. The van der Waals surface area contributed by atoms with Crippen molar-refractivity contribution in [3.8, 4) is 5.75 Å². The zero-order valence-corrected chi connectivity index (χ0v) is 15.2. The summed E-state index contributed by atoms with van der Waals surface area (Å²) in [5.74, 6) is -0.533. The fourth-order valence-electron chi connectivity index (χ4n) is 2.66. The molecule has 6 nitrogen and oxygen atoms in total. The summed E-state index contributed by atoms with van der Waals surface area (Å²) in [4.78, 5) is 22.6. The number of Topliss-reactive ketones (excluding diaryl/α,β-unsaturated/α-hetero) is 2. The second-order valence-electron chi connectivity index (χ2n) is 6.57. The average molecular weight is 370 g/mol. The van der Waals surface area contributed by atoms with E-state index in [-0.39, 0.29) is 56.6 Å². The Kier molecular flexibility index (Phi) is 8.84. The van der Waals surface area contributed by atoms with Gasteiger partial charge in [0.15, 0.2) is 0 Å². The zero-order chi connectivity index (χ0) is 19.7. The van der Waals surface area contributed by atoms with Crippen LogP contribution in [0.4, 0.5) is 4.39 Å². The number of aliphatic hydroxyl groups excluding tert-OH is 3. The number of rotatable bonds is 6. The third kappa shape index (κ3) is 5.86. The molecule has 26 heavy (non-hydrogen) atoms. The normalized spacial score (nSPS) is 15.5. The van der Waals surface area contributed by atoms with Gasteiger partial charge in [0, 0.05) is 30.2 Å². The molecule has 1 aromatic carbocycles. The topological polar surface area (TPSA) is 104 Å². The third-order valence-corrected chi connectivity index (χ3v) is 4.75. The summed E-state index contributed by atoms with van der Waals surface area (Å²) in [5, 5.41) is 26.0. The molecule has 7 heteroatoms. The maximum Gasteiger partial charge on any atom is 0.140 e. The first-order chi connectivity index (χ1) is 12.3. The van der Waals surface area contributed by atoms with Gasteiger partial charge in [-0.1, -0.05) is 13.0 Å². The third-order valence-electron chi connectivity index (χ3n) is 4.75. The minimum absolute atomic E-state index is 0.00568. The SMILES string of the molecule is CCC(CO)(CO)CO.COc1ccc(C2CC(=O)CC(=O)C2)c(F)c1. The Labute approximate surface area is 152 Å². The monoisotopic (exact) mass is 370 g/mol. The number of benzene rings is 1. The van der Waals surface area contributed by atoms with E-state index in [2.05, 4.69) is 0 Å². The van der Waals surface area contributed by atoms with Crippen LogP contribution in [0, 0.1) is 11.2 Å². The number of ketones is 2. The number of halogens is 1. The number of aliphatic hydroxyl groups is 3. The molecule has 146 valence electrons.